The van der Waals surface area contributed by atoms with Crippen molar-refractivity contribution in [2.24, 2.45) is 17.8 Å². The maximum atomic E-state index is 13.3. The van der Waals surface area contributed by atoms with Gasteiger partial charge in [0.15, 0.2) is 0 Å². The van der Waals surface area contributed by atoms with Gasteiger partial charge in [0.2, 0.25) is 5.91 Å². The fourth-order valence-electron chi connectivity index (χ4n) is 5.23. The molecule has 0 saturated heterocycles. The molecule has 1 N–H and O–H groups in total. The molecule has 2 aliphatic carbocycles. The molecule has 2 fully saturated rings. The maximum absolute atomic E-state index is 13.3. The summed E-state index contributed by atoms with van der Waals surface area (Å²) in [5.41, 5.74) is 1.06. The monoisotopic (exact) mass is 370 g/mol. The fraction of sp³-hybridized carbons (Fsp3) is 0.708. The van der Waals surface area contributed by atoms with Crippen molar-refractivity contribution in [3.63, 3.8) is 0 Å². The summed E-state index contributed by atoms with van der Waals surface area (Å²) in [4.78, 5) is 15.4. The van der Waals surface area contributed by atoms with Crippen LogP contribution < -0.4 is 10.2 Å². The minimum absolute atomic E-state index is 0.244. The number of anilines is 1. The number of para-hydroxylation sites is 1. The summed E-state index contributed by atoms with van der Waals surface area (Å²) < 4.78 is 0. The van der Waals surface area contributed by atoms with Crippen LogP contribution in [0.1, 0.15) is 72.1 Å². The number of hydrogen-bond donors (Lipinski definition) is 1. The first-order chi connectivity index (χ1) is 13.1. The standard InChI is InChI=1S/C24H38N2O/c1-18(2)22-15-14-19(3)16-23(22)25-17-24(27)26(20-10-6-4-7-11-20)21-12-8-5-9-13-21/h4,6-7,10-11,18-19,21-23,25H,5,8-9,12-17H2,1-3H3/t19-,22+,23+/m0/s1. The Morgan fingerprint density at radius 3 is 2.44 bits per heavy atom. The highest BCUT2D eigenvalue weighted by molar-refractivity contribution is 5.95. The predicted molar refractivity (Wildman–Crippen MR) is 114 cm³/mol. The Bertz CT molecular complexity index is 579. The first-order valence-corrected chi connectivity index (χ1v) is 11.2. The molecule has 0 aromatic heterocycles. The van der Waals surface area contributed by atoms with Crippen molar-refractivity contribution in [1.29, 1.82) is 0 Å². The van der Waals surface area contributed by atoms with E-state index in [0.29, 0.717) is 30.5 Å². The van der Waals surface area contributed by atoms with Gasteiger partial charge in [-0.25, -0.2) is 0 Å². The van der Waals surface area contributed by atoms with Crippen molar-refractivity contribution >= 4 is 11.6 Å². The summed E-state index contributed by atoms with van der Waals surface area (Å²) in [5.74, 6) is 2.37. The van der Waals surface area contributed by atoms with Crippen LogP contribution in [0, 0.1) is 17.8 Å². The fourth-order valence-corrected chi connectivity index (χ4v) is 5.23. The molecule has 3 heteroatoms. The van der Waals surface area contributed by atoms with Gasteiger partial charge in [-0.05, 0) is 55.6 Å². The molecule has 0 aliphatic heterocycles. The van der Waals surface area contributed by atoms with Crippen molar-refractivity contribution in [1.82, 2.24) is 5.32 Å². The minimum Gasteiger partial charge on any atom is -0.308 e. The van der Waals surface area contributed by atoms with Crippen LogP contribution in [0.2, 0.25) is 0 Å². The molecule has 150 valence electrons. The maximum Gasteiger partial charge on any atom is 0.241 e. The summed E-state index contributed by atoms with van der Waals surface area (Å²) in [6, 6.07) is 11.1. The van der Waals surface area contributed by atoms with Crippen molar-refractivity contribution in [2.45, 2.75) is 84.2 Å². The molecule has 2 aliphatic rings. The van der Waals surface area contributed by atoms with Crippen molar-refractivity contribution in [2.75, 3.05) is 11.4 Å². The van der Waals surface area contributed by atoms with E-state index in [-0.39, 0.29) is 5.91 Å². The molecule has 3 nitrogen and oxygen atoms in total. The normalized spacial score (nSPS) is 26.9. The van der Waals surface area contributed by atoms with E-state index in [1.807, 2.05) is 18.2 Å². The third-order valence-corrected chi connectivity index (χ3v) is 6.78. The largest absolute Gasteiger partial charge is 0.308 e. The van der Waals surface area contributed by atoms with Crippen LogP contribution in [0.3, 0.4) is 0 Å². The van der Waals surface area contributed by atoms with Crippen LogP contribution in [0.4, 0.5) is 5.69 Å². The molecular formula is C24H38N2O. The van der Waals surface area contributed by atoms with E-state index in [2.05, 4.69) is 43.1 Å². The second-order valence-electron chi connectivity index (χ2n) is 9.20. The third-order valence-electron chi connectivity index (χ3n) is 6.78. The summed E-state index contributed by atoms with van der Waals surface area (Å²) in [7, 11) is 0. The van der Waals surface area contributed by atoms with Gasteiger partial charge in [0.05, 0.1) is 6.54 Å². The van der Waals surface area contributed by atoms with Gasteiger partial charge in [0.1, 0.15) is 0 Å². The molecule has 1 aromatic carbocycles. The third kappa shape index (κ3) is 5.34. The molecule has 2 saturated carbocycles. The highest BCUT2D eigenvalue weighted by atomic mass is 16.2. The van der Waals surface area contributed by atoms with Crippen molar-refractivity contribution < 1.29 is 4.79 Å². The molecular weight excluding hydrogens is 332 g/mol. The lowest BCUT2D eigenvalue weighted by atomic mass is 9.74. The second kappa shape index (κ2) is 9.73. The highest BCUT2D eigenvalue weighted by Gasteiger charge is 2.32. The molecule has 3 atom stereocenters. The van der Waals surface area contributed by atoms with E-state index >= 15 is 0 Å². The van der Waals surface area contributed by atoms with Gasteiger partial charge in [-0.15, -0.1) is 0 Å². The first kappa shape index (κ1) is 20.4. The average molecular weight is 371 g/mol. The highest BCUT2D eigenvalue weighted by Crippen LogP contribution is 2.33. The summed E-state index contributed by atoms with van der Waals surface area (Å²) in [6.45, 7) is 7.47. The number of benzene rings is 1. The number of hydrogen-bond acceptors (Lipinski definition) is 2. The molecule has 0 bridgehead atoms. The van der Waals surface area contributed by atoms with Crippen molar-refractivity contribution in [3.8, 4) is 0 Å². The molecule has 1 amide bonds. The lowest BCUT2D eigenvalue weighted by Gasteiger charge is -2.39. The Kier molecular flexibility index (Phi) is 7.34. The van der Waals surface area contributed by atoms with E-state index in [9.17, 15) is 4.79 Å². The van der Waals surface area contributed by atoms with Crippen LogP contribution >= 0.6 is 0 Å². The van der Waals surface area contributed by atoms with E-state index < -0.39 is 0 Å². The SMILES string of the molecule is CC(C)[C@H]1CC[C@H](C)C[C@H]1NCC(=O)N(c1ccccc1)C1CCCCC1. The van der Waals surface area contributed by atoms with E-state index in [4.69, 9.17) is 0 Å². The summed E-state index contributed by atoms with van der Waals surface area (Å²) >= 11 is 0. The van der Waals surface area contributed by atoms with Gasteiger partial charge >= 0.3 is 0 Å². The summed E-state index contributed by atoms with van der Waals surface area (Å²) in [6.07, 6.45) is 9.87. The van der Waals surface area contributed by atoms with Crippen LogP contribution in [0.25, 0.3) is 0 Å². The topological polar surface area (TPSA) is 32.3 Å². The molecule has 27 heavy (non-hydrogen) atoms. The Hall–Kier alpha value is -1.35. The van der Waals surface area contributed by atoms with Gasteiger partial charge < -0.3 is 10.2 Å². The van der Waals surface area contributed by atoms with Crippen LogP contribution in [-0.2, 0) is 4.79 Å². The molecule has 1 aromatic rings. The van der Waals surface area contributed by atoms with Gasteiger partial charge in [0.25, 0.3) is 0 Å². The molecule has 0 radical (unpaired) electrons. The first-order valence-electron chi connectivity index (χ1n) is 11.2. The Labute approximate surface area is 165 Å². The van der Waals surface area contributed by atoms with Gasteiger partial charge in [-0.3, -0.25) is 4.79 Å². The average Bonchev–Trinajstić information content (AvgIpc) is 2.68. The number of carbonyl (C=O) groups is 1. The van der Waals surface area contributed by atoms with Crippen LogP contribution in [0.5, 0.6) is 0 Å². The lowest BCUT2D eigenvalue weighted by Crippen LogP contribution is -2.50. The van der Waals surface area contributed by atoms with Crippen molar-refractivity contribution in [3.05, 3.63) is 30.3 Å². The van der Waals surface area contributed by atoms with Gasteiger partial charge in [-0.2, -0.15) is 0 Å². The number of nitrogens with zero attached hydrogens (tertiary/aromatic N) is 1. The molecule has 0 unspecified atom stereocenters. The smallest absolute Gasteiger partial charge is 0.241 e. The van der Waals surface area contributed by atoms with Gasteiger partial charge in [-0.1, -0.05) is 64.7 Å². The number of amides is 1. The number of nitrogens with one attached hydrogen (secondary N) is 1. The zero-order valence-corrected chi connectivity index (χ0v) is 17.5. The second-order valence-corrected chi connectivity index (χ2v) is 9.20. The zero-order valence-electron chi connectivity index (χ0n) is 17.5. The molecule has 0 heterocycles. The number of rotatable bonds is 6. The molecule has 3 rings (SSSR count). The van der Waals surface area contributed by atoms with E-state index in [0.717, 1.165) is 24.4 Å². The zero-order chi connectivity index (χ0) is 19.2. The lowest BCUT2D eigenvalue weighted by molar-refractivity contribution is -0.118. The van der Waals surface area contributed by atoms with Gasteiger partial charge in [0, 0.05) is 17.8 Å². The van der Waals surface area contributed by atoms with E-state index in [1.54, 1.807) is 0 Å². The quantitative estimate of drug-likeness (QED) is 0.727. The Balaban J connectivity index is 1.68. The molecule has 0 spiro atoms. The predicted octanol–water partition coefficient (Wildman–Crippen LogP) is 5.40. The van der Waals surface area contributed by atoms with Crippen LogP contribution in [-0.4, -0.2) is 24.5 Å². The van der Waals surface area contributed by atoms with Crippen LogP contribution in [0.15, 0.2) is 30.3 Å². The number of carbonyl (C=O) groups excluding carboxylic acids is 1. The Morgan fingerprint density at radius 2 is 1.78 bits per heavy atom. The summed E-state index contributed by atoms with van der Waals surface area (Å²) in [5, 5.41) is 3.68. The van der Waals surface area contributed by atoms with E-state index in [1.165, 1.54) is 38.5 Å². The minimum atomic E-state index is 0.244. The Morgan fingerprint density at radius 1 is 1.07 bits per heavy atom.